The molecule has 2 rings (SSSR count). The van der Waals surface area contributed by atoms with E-state index in [-0.39, 0.29) is 6.61 Å². The number of nitrogens with zero attached hydrogens (tertiary/aromatic N) is 1. The highest BCUT2D eigenvalue weighted by Crippen LogP contribution is 2.31. The molecule has 0 heterocycles. The Balaban J connectivity index is 1.84. The highest BCUT2D eigenvalue weighted by atomic mass is 16.5. The van der Waals surface area contributed by atoms with E-state index in [1.54, 1.807) is 24.3 Å². The van der Waals surface area contributed by atoms with E-state index in [0.29, 0.717) is 11.1 Å². The fraction of sp³-hybridized carbons (Fsp3) is 0.536. The summed E-state index contributed by atoms with van der Waals surface area (Å²) in [7, 11) is 4.35. The second-order valence-corrected chi connectivity index (χ2v) is 9.44. The van der Waals surface area contributed by atoms with Gasteiger partial charge in [-0.05, 0) is 24.0 Å². The highest BCUT2D eigenvalue weighted by molar-refractivity contribution is 5.85. The lowest BCUT2D eigenvalue weighted by Crippen LogP contribution is -2.45. The van der Waals surface area contributed by atoms with E-state index in [0.717, 1.165) is 17.6 Å². The Morgan fingerprint density at radius 1 is 0.781 bits per heavy atom. The van der Waals surface area contributed by atoms with E-state index in [1.807, 2.05) is 36.4 Å². The minimum absolute atomic E-state index is 0.283. The molecule has 0 fully saturated rings. The lowest BCUT2D eigenvalue weighted by atomic mass is 9.86. The summed E-state index contributed by atoms with van der Waals surface area (Å²) < 4.78 is 6.43. The quantitative estimate of drug-likeness (QED) is 0.220. The van der Waals surface area contributed by atoms with Gasteiger partial charge in [-0.1, -0.05) is 106 Å². The van der Waals surface area contributed by atoms with Crippen LogP contribution in [0.15, 0.2) is 60.7 Å². The van der Waals surface area contributed by atoms with Crippen molar-refractivity contribution >= 4 is 5.97 Å². The number of benzene rings is 2. The lowest BCUT2D eigenvalue weighted by Gasteiger charge is -2.31. The Hall–Kier alpha value is -2.17. The number of quaternary nitrogens is 1. The third-order valence-electron chi connectivity index (χ3n) is 6.23. The van der Waals surface area contributed by atoms with Gasteiger partial charge in [-0.2, -0.15) is 0 Å². The van der Waals surface area contributed by atoms with Crippen molar-refractivity contribution < 1.29 is 19.1 Å². The molecule has 4 nitrogen and oxygen atoms in total. The molecule has 0 amide bonds. The molecule has 0 aliphatic heterocycles. The maximum absolute atomic E-state index is 13.1. The Bertz CT molecular complexity index is 734. The number of hydrogen-bond donors (Lipinski definition) is 1. The molecular weight excluding hydrogens is 398 g/mol. The first-order valence-electron chi connectivity index (χ1n) is 12.2. The zero-order valence-electron chi connectivity index (χ0n) is 20.3. The first-order chi connectivity index (χ1) is 15.4. The molecule has 0 unspecified atom stereocenters. The van der Waals surface area contributed by atoms with E-state index < -0.39 is 11.6 Å². The molecular formula is C28H42NO3+. The van der Waals surface area contributed by atoms with Gasteiger partial charge in [-0.15, -0.1) is 0 Å². The molecule has 0 spiro atoms. The molecule has 0 aromatic heterocycles. The smallest absolute Gasteiger partial charge is 0.347 e. The SMILES string of the molecule is CCCCCCCCCC[N+](C)(C)CCOC(=O)C(O)(c1ccccc1)c1ccccc1. The number of ether oxygens (including phenoxy) is 1. The summed E-state index contributed by atoms with van der Waals surface area (Å²) >= 11 is 0. The summed E-state index contributed by atoms with van der Waals surface area (Å²) in [5, 5.41) is 11.5. The average Bonchev–Trinajstić information content (AvgIpc) is 2.81. The molecule has 2 aromatic rings. The standard InChI is InChI=1S/C28H42NO3/c1-4-5-6-7-8-9-10-17-22-29(2,3)23-24-32-27(30)28(31,25-18-13-11-14-19-25)26-20-15-12-16-21-26/h11-16,18-21,31H,4-10,17,22-24H2,1-3H3/q+1. The van der Waals surface area contributed by atoms with E-state index in [4.69, 9.17) is 4.74 Å². The fourth-order valence-corrected chi connectivity index (χ4v) is 4.04. The van der Waals surface area contributed by atoms with Crippen LogP contribution >= 0.6 is 0 Å². The molecule has 0 radical (unpaired) electrons. The summed E-state index contributed by atoms with van der Waals surface area (Å²) in [5.74, 6) is -0.623. The average molecular weight is 441 g/mol. The topological polar surface area (TPSA) is 46.5 Å². The number of rotatable bonds is 15. The van der Waals surface area contributed by atoms with Crippen molar-refractivity contribution in [3.05, 3.63) is 71.8 Å². The molecule has 2 aromatic carbocycles. The number of unbranched alkanes of at least 4 members (excludes halogenated alkanes) is 7. The molecule has 0 atom stereocenters. The second-order valence-electron chi connectivity index (χ2n) is 9.44. The fourth-order valence-electron chi connectivity index (χ4n) is 4.04. The molecule has 0 saturated carbocycles. The zero-order valence-corrected chi connectivity index (χ0v) is 20.3. The summed E-state index contributed by atoms with van der Waals surface area (Å²) in [5.41, 5.74) is -0.773. The minimum Gasteiger partial charge on any atom is -0.457 e. The maximum atomic E-state index is 13.1. The van der Waals surface area contributed by atoms with Crippen molar-refractivity contribution in [1.29, 1.82) is 0 Å². The van der Waals surface area contributed by atoms with Gasteiger partial charge >= 0.3 is 5.97 Å². The monoisotopic (exact) mass is 440 g/mol. The van der Waals surface area contributed by atoms with E-state index in [1.165, 1.54) is 51.4 Å². The van der Waals surface area contributed by atoms with Gasteiger partial charge in [0.15, 0.2) is 0 Å². The summed E-state index contributed by atoms with van der Waals surface area (Å²) in [4.78, 5) is 13.1. The van der Waals surface area contributed by atoms with Gasteiger partial charge < -0.3 is 14.3 Å². The molecule has 176 valence electrons. The largest absolute Gasteiger partial charge is 0.457 e. The van der Waals surface area contributed by atoms with Crippen LogP contribution in [0.2, 0.25) is 0 Å². The Morgan fingerprint density at radius 2 is 1.25 bits per heavy atom. The van der Waals surface area contributed by atoms with E-state index in [9.17, 15) is 9.90 Å². The van der Waals surface area contributed by atoms with Gasteiger partial charge in [-0.25, -0.2) is 4.79 Å². The Morgan fingerprint density at radius 3 is 1.75 bits per heavy atom. The van der Waals surface area contributed by atoms with Crippen LogP contribution in [0.25, 0.3) is 0 Å². The second kappa shape index (κ2) is 13.4. The molecule has 0 aliphatic rings. The summed E-state index contributed by atoms with van der Waals surface area (Å²) in [6.45, 7) is 4.32. The van der Waals surface area contributed by atoms with Crippen molar-refractivity contribution in [2.24, 2.45) is 0 Å². The Labute approximate surface area is 194 Å². The van der Waals surface area contributed by atoms with Crippen molar-refractivity contribution in [2.45, 2.75) is 63.9 Å². The predicted octanol–water partition coefficient (Wildman–Crippen LogP) is 5.68. The lowest BCUT2D eigenvalue weighted by molar-refractivity contribution is -0.890. The highest BCUT2D eigenvalue weighted by Gasteiger charge is 2.41. The zero-order chi connectivity index (χ0) is 23.3. The molecule has 1 N–H and O–H groups in total. The first kappa shape index (κ1) is 26.1. The van der Waals surface area contributed by atoms with Gasteiger partial charge in [0.25, 0.3) is 0 Å². The normalized spacial score (nSPS) is 12.0. The molecule has 0 bridgehead atoms. The summed E-state index contributed by atoms with van der Waals surface area (Å²) in [6, 6.07) is 18.1. The van der Waals surface area contributed by atoms with Crippen LogP contribution in [0.5, 0.6) is 0 Å². The van der Waals surface area contributed by atoms with Gasteiger partial charge in [0.1, 0.15) is 13.2 Å². The summed E-state index contributed by atoms with van der Waals surface area (Å²) in [6.07, 6.45) is 10.5. The number of aliphatic hydroxyl groups is 1. The van der Waals surface area contributed by atoms with Crippen molar-refractivity contribution in [3.8, 4) is 0 Å². The van der Waals surface area contributed by atoms with Crippen molar-refractivity contribution in [1.82, 2.24) is 0 Å². The Kier molecular flexibility index (Phi) is 10.9. The first-order valence-corrected chi connectivity index (χ1v) is 12.2. The van der Waals surface area contributed by atoms with Crippen molar-refractivity contribution in [3.63, 3.8) is 0 Å². The third-order valence-corrected chi connectivity index (χ3v) is 6.23. The van der Waals surface area contributed by atoms with Crippen LogP contribution in [-0.2, 0) is 15.1 Å². The van der Waals surface area contributed by atoms with Gasteiger partial charge in [-0.3, -0.25) is 0 Å². The molecule has 32 heavy (non-hydrogen) atoms. The molecule has 0 aliphatic carbocycles. The number of carbonyl (C=O) groups excluding carboxylic acids is 1. The number of esters is 1. The van der Waals surface area contributed by atoms with Crippen LogP contribution < -0.4 is 0 Å². The maximum Gasteiger partial charge on any atom is 0.347 e. The van der Waals surface area contributed by atoms with Crippen LogP contribution in [0.1, 0.15) is 69.4 Å². The van der Waals surface area contributed by atoms with Gasteiger partial charge in [0.2, 0.25) is 5.60 Å². The van der Waals surface area contributed by atoms with Gasteiger partial charge in [0, 0.05) is 0 Å². The van der Waals surface area contributed by atoms with Crippen LogP contribution in [0.4, 0.5) is 0 Å². The van der Waals surface area contributed by atoms with Crippen LogP contribution in [0, 0.1) is 0 Å². The van der Waals surface area contributed by atoms with Crippen molar-refractivity contribution in [2.75, 3.05) is 33.8 Å². The number of carbonyl (C=O) groups is 1. The van der Waals surface area contributed by atoms with E-state index >= 15 is 0 Å². The van der Waals surface area contributed by atoms with E-state index in [2.05, 4.69) is 21.0 Å². The third kappa shape index (κ3) is 8.07. The van der Waals surface area contributed by atoms with Crippen LogP contribution in [-0.4, -0.2) is 49.4 Å². The van der Waals surface area contributed by atoms with Gasteiger partial charge in [0.05, 0.1) is 20.6 Å². The predicted molar refractivity (Wildman–Crippen MR) is 131 cm³/mol. The number of hydrogen-bond acceptors (Lipinski definition) is 3. The molecule has 0 saturated heterocycles. The number of likely N-dealkylation sites (N-methyl/N-ethyl adjacent to an activating group) is 1. The van der Waals surface area contributed by atoms with Crippen LogP contribution in [0.3, 0.4) is 0 Å². The minimum atomic E-state index is -1.81. The molecule has 4 heteroatoms.